The van der Waals surface area contributed by atoms with E-state index in [4.69, 9.17) is 9.47 Å². The lowest BCUT2D eigenvalue weighted by molar-refractivity contribution is -0.151. The number of benzene rings is 1. The first-order valence-corrected chi connectivity index (χ1v) is 7.47. The third-order valence-corrected chi connectivity index (χ3v) is 3.54. The maximum Gasteiger partial charge on any atom is 0.314 e. The summed E-state index contributed by atoms with van der Waals surface area (Å²) in [6.45, 7) is 5.96. The lowest BCUT2D eigenvalue weighted by Crippen LogP contribution is -2.21. The van der Waals surface area contributed by atoms with Crippen molar-refractivity contribution in [3.05, 3.63) is 35.5 Å². The van der Waals surface area contributed by atoms with Crippen LogP contribution in [0.25, 0.3) is 10.9 Å². The average Bonchev–Trinajstić information content (AvgIpc) is 2.81. The van der Waals surface area contributed by atoms with Crippen molar-refractivity contribution < 1.29 is 19.1 Å². The van der Waals surface area contributed by atoms with Crippen molar-refractivity contribution >= 4 is 22.8 Å². The fraction of sp³-hybridized carbons (Fsp3) is 0.412. The lowest BCUT2D eigenvalue weighted by atomic mass is 9.93. The number of hydrogen-bond acceptors (Lipinski definition) is 4. The van der Waals surface area contributed by atoms with Crippen LogP contribution in [0.5, 0.6) is 0 Å². The lowest BCUT2D eigenvalue weighted by Gasteiger charge is -2.15. The Hall–Kier alpha value is -2.30. The minimum absolute atomic E-state index is 0.0185. The van der Waals surface area contributed by atoms with Gasteiger partial charge in [0.05, 0.1) is 25.6 Å². The first-order chi connectivity index (χ1) is 10.6. The van der Waals surface area contributed by atoms with E-state index < -0.39 is 17.9 Å². The molecule has 0 aliphatic heterocycles. The Morgan fingerprint density at radius 1 is 1.14 bits per heavy atom. The van der Waals surface area contributed by atoms with Crippen molar-refractivity contribution in [3.8, 4) is 0 Å². The maximum absolute atomic E-state index is 12.3. The number of nitrogens with one attached hydrogen (secondary N) is 1. The Morgan fingerprint density at radius 3 is 2.50 bits per heavy atom. The van der Waals surface area contributed by atoms with Crippen molar-refractivity contribution in [2.75, 3.05) is 13.2 Å². The zero-order chi connectivity index (χ0) is 16.1. The molecule has 1 aromatic carbocycles. The molecule has 1 atom stereocenters. The molecule has 0 aliphatic carbocycles. The number of esters is 2. The Bertz CT molecular complexity index is 674. The molecule has 0 fully saturated rings. The van der Waals surface area contributed by atoms with E-state index in [9.17, 15) is 9.59 Å². The van der Waals surface area contributed by atoms with E-state index in [2.05, 4.69) is 4.98 Å². The Kier molecular flexibility index (Phi) is 5.20. The Labute approximate surface area is 129 Å². The van der Waals surface area contributed by atoms with E-state index in [-0.39, 0.29) is 13.0 Å². The summed E-state index contributed by atoms with van der Waals surface area (Å²) in [4.78, 5) is 27.4. The Balaban J connectivity index is 2.44. The van der Waals surface area contributed by atoms with Gasteiger partial charge in [0.1, 0.15) is 0 Å². The molecular weight excluding hydrogens is 282 g/mol. The summed E-state index contributed by atoms with van der Waals surface area (Å²) in [7, 11) is 0. The number of aromatic nitrogens is 1. The normalized spacial score (nSPS) is 12.1. The van der Waals surface area contributed by atoms with Gasteiger partial charge in [-0.1, -0.05) is 18.2 Å². The van der Waals surface area contributed by atoms with Crippen LogP contribution in [0.4, 0.5) is 0 Å². The van der Waals surface area contributed by atoms with Crippen molar-refractivity contribution in [3.63, 3.8) is 0 Å². The molecule has 22 heavy (non-hydrogen) atoms. The van der Waals surface area contributed by atoms with Gasteiger partial charge in [-0.3, -0.25) is 9.59 Å². The molecule has 0 spiro atoms. The second-order valence-corrected chi connectivity index (χ2v) is 5.02. The van der Waals surface area contributed by atoms with Crippen LogP contribution in [-0.2, 0) is 19.1 Å². The van der Waals surface area contributed by atoms with Gasteiger partial charge in [0.25, 0.3) is 0 Å². The van der Waals surface area contributed by atoms with Crippen molar-refractivity contribution in [1.29, 1.82) is 0 Å². The van der Waals surface area contributed by atoms with Gasteiger partial charge >= 0.3 is 11.9 Å². The monoisotopic (exact) mass is 303 g/mol. The standard InChI is InChI=1S/C17H21NO4/c1-4-21-15(19)10-13(17(20)22-5-2)16-11(3)18-14-9-7-6-8-12(14)16/h6-9,13,18H,4-5,10H2,1-3H3. The third kappa shape index (κ3) is 3.30. The number of ether oxygens (including phenoxy) is 2. The van der Waals surface area contributed by atoms with Crippen LogP contribution < -0.4 is 0 Å². The molecule has 0 saturated heterocycles. The molecule has 1 N–H and O–H groups in total. The summed E-state index contributed by atoms with van der Waals surface area (Å²) < 4.78 is 10.1. The highest BCUT2D eigenvalue weighted by Gasteiger charge is 2.29. The van der Waals surface area contributed by atoms with Gasteiger partial charge in [-0.25, -0.2) is 0 Å². The number of para-hydroxylation sites is 1. The summed E-state index contributed by atoms with van der Waals surface area (Å²) in [6, 6.07) is 7.71. The highest BCUT2D eigenvalue weighted by atomic mass is 16.5. The summed E-state index contributed by atoms with van der Waals surface area (Å²) in [5.41, 5.74) is 2.61. The van der Waals surface area contributed by atoms with Gasteiger partial charge in [-0.05, 0) is 32.4 Å². The molecule has 118 valence electrons. The van der Waals surface area contributed by atoms with Crippen LogP contribution >= 0.6 is 0 Å². The van der Waals surface area contributed by atoms with Crippen LogP contribution in [0.3, 0.4) is 0 Å². The van der Waals surface area contributed by atoms with Crippen LogP contribution in [0.1, 0.15) is 37.4 Å². The second-order valence-electron chi connectivity index (χ2n) is 5.02. The van der Waals surface area contributed by atoms with Crippen LogP contribution in [0.15, 0.2) is 24.3 Å². The predicted molar refractivity (Wildman–Crippen MR) is 83.7 cm³/mol. The van der Waals surface area contributed by atoms with Gasteiger partial charge < -0.3 is 14.5 Å². The molecular formula is C17H21NO4. The average molecular weight is 303 g/mol. The molecule has 0 radical (unpaired) electrons. The minimum atomic E-state index is -0.657. The van der Waals surface area contributed by atoms with Crippen LogP contribution in [0.2, 0.25) is 0 Å². The fourth-order valence-corrected chi connectivity index (χ4v) is 2.68. The smallest absolute Gasteiger partial charge is 0.314 e. The number of carbonyl (C=O) groups is 2. The summed E-state index contributed by atoms with van der Waals surface area (Å²) in [5, 5.41) is 0.933. The number of H-pyrrole nitrogens is 1. The van der Waals surface area contributed by atoms with E-state index in [0.717, 1.165) is 22.2 Å². The summed E-state index contributed by atoms with van der Waals surface area (Å²) in [5.74, 6) is -1.45. The highest BCUT2D eigenvalue weighted by molar-refractivity contribution is 5.93. The van der Waals surface area contributed by atoms with Gasteiger partial charge in [-0.2, -0.15) is 0 Å². The zero-order valence-corrected chi connectivity index (χ0v) is 13.1. The second kappa shape index (κ2) is 7.11. The van der Waals surface area contributed by atoms with Crippen LogP contribution in [0, 0.1) is 6.92 Å². The molecule has 1 heterocycles. The molecule has 1 aromatic heterocycles. The topological polar surface area (TPSA) is 68.4 Å². The summed E-state index contributed by atoms with van der Waals surface area (Å²) >= 11 is 0. The number of hydrogen-bond donors (Lipinski definition) is 1. The SMILES string of the molecule is CCOC(=O)CC(C(=O)OCC)c1c(C)[nH]c2ccccc12. The van der Waals surface area contributed by atoms with Crippen LogP contribution in [-0.4, -0.2) is 30.1 Å². The van der Waals surface area contributed by atoms with E-state index >= 15 is 0 Å². The number of aromatic amines is 1. The van der Waals surface area contributed by atoms with Gasteiger partial charge in [-0.15, -0.1) is 0 Å². The molecule has 2 aromatic rings. The molecule has 0 amide bonds. The summed E-state index contributed by atoms with van der Waals surface area (Å²) in [6.07, 6.45) is -0.0185. The van der Waals surface area contributed by atoms with E-state index in [1.807, 2.05) is 31.2 Å². The first kappa shape index (κ1) is 16.1. The van der Waals surface area contributed by atoms with Crippen molar-refractivity contribution in [1.82, 2.24) is 4.98 Å². The van der Waals surface area contributed by atoms with Gasteiger partial charge in [0, 0.05) is 16.6 Å². The Morgan fingerprint density at radius 2 is 1.82 bits per heavy atom. The minimum Gasteiger partial charge on any atom is -0.466 e. The first-order valence-electron chi connectivity index (χ1n) is 7.47. The zero-order valence-electron chi connectivity index (χ0n) is 13.1. The van der Waals surface area contributed by atoms with E-state index in [0.29, 0.717) is 6.61 Å². The number of carbonyl (C=O) groups excluding carboxylic acids is 2. The van der Waals surface area contributed by atoms with Gasteiger partial charge in [0.15, 0.2) is 0 Å². The van der Waals surface area contributed by atoms with Crippen molar-refractivity contribution in [2.24, 2.45) is 0 Å². The largest absolute Gasteiger partial charge is 0.466 e. The molecule has 2 rings (SSSR count). The molecule has 5 heteroatoms. The number of rotatable bonds is 6. The molecule has 0 aliphatic rings. The quantitative estimate of drug-likeness (QED) is 0.833. The third-order valence-electron chi connectivity index (χ3n) is 3.54. The predicted octanol–water partition coefficient (Wildman–Crippen LogP) is 3.08. The molecule has 0 saturated carbocycles. The fourth-order valence-electron chi connectivity index (χ4n) is 2.68. The van der Waals surface area contributed by atoms with Gasteiger partial charge in [0.2, 0.25) is 0 Å². The molecule has 0 bridgehead atoms. The number of aryl methyl sites for hydroxylation is 1. The molecule has 1 unspecified atom stereocenters. The van der Waals surface area contributed by atoms with E-state index in [1.165, 1.54) is 0 Å². The van der Waals surface area contributed by atoms with Crippen molar-refractivity contribution in [2.45, 2.75) is 33.1 Å². The maximum atomic E-state index is 12.3. The highest BCUT2D eigenvalue weighted by Crippen LogP contribution is 2.32. The van der Waals surface area contributed by atoms with E-state index in [1.54, 1.807) is 13.8 Å². The number of fused-ring (bicyclic) bond motifs is 1. The molecule has 5 nitrogen and oxygen atoms in total.